The molecule has 4 aliphatic carbocycles. The van der Waals surface area contributed by atoms with Crippen LogP contribution in [0.25, 0.3) is 0 Å². The normalized spacial score (nSPS) is 39.8. The summed E-state index contributed by atoms with van der Waals surface area (Å²) in [6.07, 6.45) is 4.88. The first-order chi connectivity index (χ1) is 14.4. The fraction of sp³-hybridized carbons (Fsp3) is 0.667. The number of hydrogen-bond acceptors (Lipinski definition) is 5. The number of nitrogens with zero attached hydrogens (tertiary/aromatic N) is 1. The van der Waals surface area contributed by atoms with E-state index in [9.17, 15) is 9.59 Å². The molecule has 7 rings (SSSR count). The Morgan fingerprint density at radius 1 is 1.13 bits per heavy atom. The summed E-state index contributed by atoms with van der Waals surface area (Å²) in [5.41, 5.74) is 0.243. The van der Waals surface area contributed by atoms with Gasteiger partial charge in [-0.25, -0.2) is 0 Å². The van der Waals surface area contributed by atoms with Crippen molar-refractivity contribution < 1.29 is 23.8 Å². The van der Waals surface area contributed by atoms with Crippen LogP contribution in [0.2, 0.25) is 0 Å². The molecule has 1 aromatic carbocycles. The Morgan fingerprint density at radius 2 is 1.87 bits per heavy atom. The lowest BCUT2D eigenvalue weighted by Gasteiger charge is -2.66. The fourth-order valence-electron chi connectivity index (χ4n) is 7.78. The minimum atomic E-state index is -0.476. The molecule has 4 bridgehead atoms. The first-order valence-electron chi connectivity index (χ1n) is 11.2. The molecular formula is C24H29NO5. The van der Waals surface area contributed by atoms with Gasteiger partial charge in [-0.3, -0.25) is 9.59 Å². The molecule has 1 amide bonds. The fourth-order valence-corrected chi connectivity index (χ4v) is 7.78. The molecule has 6 nitrogen and oxygen atoms in total. The topological polar surface area (TPSA) is 65.1 Å². The minimum absolute atomic E-state index is 0.0294. The van der Waals surface area contributed by atoms with Gasteiger partial charge in [0, 0.05) is 11.6 Å². The van der Waals surface area contributed by atoms with Crippen LogP contribution in [0.4, 0.5) is 0 Å². The number of amides is 1. The van der Waals surface area contributed by atoms with E-state index in [0.717, 1.165) is 49.2 Å². The Balaban J connectivity index is 1.38. The average molecular weight is 411 g/mol. The van der Waals surface area contributed by atoms with Crippen LogP contribution in [0.1, 0.15) is 57.6 Å². The maximum Gasteiger partial charge on any atom is 0.311 e. The van der Waals surface area contributed by atoms with Crippen LogP contribution in [0.3, 0.4) is 0 Å². The van der Waals surface area contributed by atoms with E-state index in [-0.39, 0.29) is 36.2 Å². The van der Waals surface area contributed by atoms with Crippen LogP contribution in [0.15, 0.2) is 18.2 Å². The summed E-state index contributed by atoms with van der Waals surface area (Å²) < 4.78 is 16.6. The molecule has 0 spiro atoms. The van der Waals surface area contributed by atoms with Gasteiger partial charge >= 0.3 is 5.97 Å². The lowest BCUT2D eigenvalue weighted by Crippen LogP contribution is -2.70. The van der Waals surface area contributed by atoms with Gasteiger partial charge < -0.3 is 19.1 Å². The molecule has 4 saturated carbocycles. The lowest BCUT2D eigenvalue weighted by molar-refractivity contribution is -0.203. The van der Waals surface area contributed by atoms with Crippen molar-refractivity contribution in [1.29, 1.82) is 0 Å². The molecular weight excluding hydrogens is 382 g/mol. The zero-order chi connectivity index (χ0) is 20.8. The third-order valence-electron chi connectivity index (χ3n) is 8.63. The SMILES string of the molecule is COC(=O)[C@]12CC3CC(C1)[C@@H](N1C(=O)C(C)(C)C1c1cccc4c1OCO4)[C@@H](C3)C2. The molecule has 2 heterocycles. The van der Waals surface area contributed by atoms with Crippen molar-refractivity contribution in [3.8, 4) is 11.5 Å². The number of hydrogen-bond donors (Lipinski definition) is 0. The zero-order valence-corrected chi connectivity index (χ0v) is 17.8. The molecule has 6 atom stereocenters. The number of β-lactam (4-membered cyclic amide) rings is 1. The van der Waals surface area contributed by atoms with E-state index in [1.807, 2.05) is 26.0 Å². The number of rotatable bonds is 3. The maximum absolute atomic E-state index is 13.4. The van der Waals surface area contributed by atoms with Gasteiger partial charge in [0.2, 0.25) is 12.7 Å². The molecule has 6 heteroatoms. The number of ether oxygens (including phenoxy) is 3. The van der Waals surface area contributed by atoms with Crippen molar-refractivity contribution in [2.45, 2.75) is 58.0 Å². The largest absolute Gasteiger partial charge is 0.469 e. The third-order valence-corrected chi connectivity index (χ3v) is 8.63. The van der Waals surface area contributed by atoms with Gasteiger partial charge in [-0.05, 0) is 69.8 Å². The number of methoxy groups -OCH3 is 1. The third kappa shape index (κ3) is 2.20. The number of carbonyl (C=O) groups excluding carboxylic acids is 2. The molecule has 30 heavy (non-hydrogen) atoms. The van der Waals surface area contributed by atoms with Gasteiger partial charge in [0.1, 0.15) is 0 Å². The van der Waals surface area contributed by atoms with Crippen LogP contribution in [-0.2, 0) is 14.3 Å². The van der Waals surface area contributed by atoms with E-state index in [2.05, 4.69) is 11.0 Å². The molecule has 0 aromatic heterocycles. The number of fused-ring (bicyclic) bond motifs is 1. The van der Waals surface area contributed by atoms with E-state index in [1.165, 1.54) is 7.11 Å². The maximum atomic E-state index is 13.4. The molecule has 0 N–H and O–H groups in total. The summed E-state index contributed by atoms with van der Waals surface area (Å²) in [6, 6.07) is 6.16. The number of benzene rings is 1. The monoisotopic (exact) mass is 411 g/mol. The molecule has 160 valence electrons. The van der Waals surface area contributed by atoms with Crippen molar-refractivity contribution in [2.24, 2.45) is 28.6 Å². The smallest absolute Gasteiger partial charge is 0.311 e. The van der Waals surface area contributed by atoms with E-state index < -0.39 is 5.41 Å². The highest BCUT2D eigenvalue weighted by Gasteiger charge is 2.66. The van der Waals surface area contributed by atoms with Crippen molar-refractivity contribution in [2.75, 3.05) is 13.9 Å². The molecule has 1 aromatic rings. The van der Waals surface area contributed by atoms with Crippen LogP contribution < -0.4 is 9.47 Å². The molecule has 0 radical (unpaired) electrons. The van der Waals surface area contributed by atoms with Gasteiger partial charge in [-0.15, -0.1) is 0 Å². The highest BCUT2D eigenvalue weighted by atomic mass is 16.7. The number of esters is 1. The highest BCUT2D eigenvalue weighted by molar-refractivity contribution is 5.91. The van der Waals surface area contributed by atoms with Gasteiger partial charge in [0.15, 0.2) is 11.5 Å². The Bertz CT molecular complexity index is 924. The van der Waals surface area contributed by atoms with Crippen LogP contribution in [0.5, 0.6) is 11.5 Å². The summed E-state index contributed by atoms with van der Waals surface area (Å²) in [4.78, 5) is 28.2. The van der Waals surface area contributed by atoms with Crippen LogP contribution >= 0.6 is 0 Å². The van der Waals surface area contributed by atoms with Crippen molar-refractivity contribution in [3.05, 3.63) is 23.8 Å². The Hall–Kier alpha value is -2.24. The zero-order valence-electron chi connectivity index (χ0n) is 17.8. The number of para-hydroxylation sites is 1. The van der Waals surface area contributed by atoms with Crippen LogP contribution in [-0.4, -0.2) is 36.7 Å². The number of likely N-dealkylation sites (tertiary alicyclic amines) is 1. The van der Waals surface area contributed by atoms with Gasteiger partial charge in [-0.2, -0.15) is 0 Å². The Labute approximate surface area is 176 Å². The predicted molar refractivity (Wildman–Crippen MR) is 108 cm³/mol. The molecule has 5 fully saturated rings. The Morgan fingerprint density at radius 3 is 2.57 bits per heavy atom. The van der Waals surface area contributed by atoms with Crippen molar-refractivity contribution in [1.82, 2.24) is 4.90 Å². The second-order valence-electron chi connectivity index (χ2n) is 10.7. The molecule has 2 aliphatic heterocycles. The van der Waals surface area contributed by atoms with Crippen molar-refractivity contribution >= 4 is 11.9 Å². The van der Waals surface area contributed by atoms with Gasteiger partial charge in [0.05, 0.1) is 24.0 Å². The van der Waals surface area contributed by atoms with Gasteiger partial charge in [-0.1, -0.05) is 12.1 Å². The Kier molecular flexibility index (Phi) is 3.66. The van der Waals surface area contributed by atoms with E-state index in [1.54, 1.807) is 0 Å². The summed E-state index contributed by atoms with van der Waals surface area (Å²) in [7, 11) is 1.51. The summed E-state index contributed by atoms with van der Waals surface area (Å²) in [5, 5.41) is 0. The highest BCUT2D eigenvalue weighted by Crippen LogP contribution is 2.65. The molecule has 6 aliphatic rings. The van der Waals surface area contributed by atoms with Gasteiger partial charge in [0.25, 0.3) is 0 Å². The first-order valence-corrected chi connectivity index (χ1v) is 11.2. The van der Waals surface area contributed by atoms with Crippen molar-refractivity contribution in [3.63, 3.8) is 0 Å². The quantitative estimate of drug-likeness (QED) is 0.561. The van der Waals surface area contributed by atoms with E-state index >= 15 is 0 Å². The van der Waals surface area contributed by atoms with E-state index in [0.29, 0.717) is 17.8 Å². The minimum Gasteiger partial charge on any atom is -0.469 e. The first kappa shape index (κ1) is 18.5. The van der Waals surface area contributed by atoms with E-state index in [4.69, 9.17) is 14.2 Å². The standard InChI is InChI=1S/C24H29NO5/c1-23(2)20(16-5-4-6-17-19(16)30-12-29-17)25(21(23)26)18-14-7-13-8-15(18)11-24(9-13,10-14)22(27)28-3/h4-6,13-15,18,20H,7-12H2,1-3H3/t13?,14-,15?,18-,20?,24-/m0/s1. The summed E-state index contributed by atoms with van der Waals surface area (Å²) >= 11 is 0. The second kappa shape index (κ2) is 5.92. The summed E-state index contributed by atoms with van der Waals surface area (Å²) in [5.74, 6) is 3.03. The predicted octanol–water partition coefficient (Wildman–Crippen LogP) is 3.69. The second-order valence-corrected chi connectivity index (χ2v) is 10.7. The van der Waals surface area contributed by atoms with Crippen LogP contribution in [0, 0.1) is 28.6 Å². The lowest BCUT2D eigenvalue weighted by atomic mass is 9.47. The summed E-state index contributed by atoms with van der Waals surface area (Å²) in [6.45, 7) is 4.31. The molecule has 1 saturated heterocycles. The number of carbonyl (C=O) groups is 2. The molecule has 3 unspecified atom stereocenters. The average Bonchev–Trinajstić information content (AvgIpc) is 3.20.